The Kier molecular flexibility index (Phi) is 5.26. The summed E-state index contributed by atoms with van der Waals surface area (Å²) in [4.78, 5) is 13.9. The van der Waals surface area contributed by atoms with Crippen LogP contribution in [0.1, 0.15) is 24.1 Å². The number of benzene rings is 1. The molecule has 1 aromatic carbocycles. The van der Waals surface area contributed by atoms with Crippen LogP contribution in [0.2, 0.25) is 0 Å². The minimum Gasteiger partial charge on any atom is -0.315 e. The van der Waals surface area contributed by atoms with Crippen LogP contribution in [-0.2, 0) is 4.79 Å². The number of nitriles is 1. The molecule has 0 bridgehead atoms. The Morgan fingerprint density at radius 3 is 2.73 bits per heavy atom. The van der Waals surface area contributed by atoms with E-state index in [1.165, 1.54) is 23.5 Å². The number of hydrogen-bond acceptors (Lipinski definition) is 4. The Bertz CT molecular complexity index is 690. The third-order valence-electron chi connectivity index (χ3n) is 3.45. The van der Waals surface area contributed by atoms with Crippen LogP contribution in [0.3, 0.4) is 0 Å². The number of nitrogens with one attached hydrogen (secondary N) is 1. The molecule has 0 aliphatic rings. The first kappa shape index (κ1) is 16.1. The van der Waals surface area contributed by atoms with Gasteiger partial charge in [0.1, 0.15) is 16.9 Å². The predicted octanol–water partition coefficient (Wildman–Crippen LogP) is 3.39. The average Bonchev–Trinajstić information content (AvgIpc) is 2.94. The lowest BCUT2D eigenvalue weighted by Crippen LogP contribution is -2.32. The smallest absolute Gasteiger partial charge is 0.239 e. The van der Waals surface area contributed by atoms with Crippen molar-refractivity contribution < 1.29 is 9.18 Å². The van der Waals surface area contributed by atoms with E-state index in [0.29, 0.717) is 10.6 Å². The van der Waals surface area contributed by atoms with Crippen molar-refractivity contribution in [2.24, 2.45) is 0 Å². The van der Waals surface area contributed by atoms with Crippen LogP contribution in [0.25, 0.3) is 0 Å². The lowest BCUT2D eigenvalue weighted by atomic mass is 10.1. The maximum Gasteiger partial charge on any atom is 0.239 e. The van der Waals surface area contributed by atoms with Crippen LogP contribution in [0.15, 0.2) is 35.7 Å². The minimum absolute atomic E-state index is 0.0230. The normalized spacial score (nSPS) is 12.0. The van der Waals surface area contributed by atoms with Gasteiger partial charge in [-0.3, -0.25) is 9.69 Å². The van der Waals surface area contributed by atoms with E-state index in [4.69, 9.17) is 5.26 Å². The molecule has 2 rings (SSSR count). The van der Waals surface area contributed by atoms with Gasteiger partial charge in [0.2, 0.25) is 5.91 Å². The largest absolute Gasteiger partial charge is 0.315 e. The second-order valence-corrected chi connectivity index (χ2v) is 5.88. The predicted molar refractivity (Wildman–Crippen MR) is 85.1 cm³/mol. The van der Waals surface area contributed by atoms with Crippen molar-refractivity contribution in [1.29, 1.82) is 5.26 Å². The molecule has 0 aliphatic heterocycles. The first-order valence-corrected chi connectivity index (χ1v) is 7.62. The molecule has 1 amide bonds. The van der Waals surface area contributed by atoms with Crippen molar-refractivity contribution >= 4 is 22.2 Å². The van der Waals surface area contributed by atoms with E-state index in [0.717, 1.165) is 5.56 Å². The first-order chi connectivity index (χ1) is 10.5. The molecule has 0 saturated carbocycles. The van der Waals surface area contributed by atoms with Gasteiger partial charge in [-0.05, 0) is 43.1 Å². The van der Waals surface area contributed by atoms with Crippen LogP contribution < -0.4 is 5.32 Å². The Morgan fingerprint density at radius 2 is 2.09 bits per heavy atom. The molecular formula is C16H16FN3OS. The SMILES string of the molecule is CC(c1ccc(F)cc1)N(C)CC(=O)Nc1sccc1C#N. The summed E-state index contributed by atoms with van der Waals surface area (Å²) in [6.07, 6.45) is 0. The highest BCUT2D eigenvalue weighted by molar-refractivity contribution is 7.14. The van der Waals surface area contributed by atoms with Gasteiger partial charge >= 0.3 is 0 Å². The highest BCUT2D eigenvalue weighted by atomic mass is 32.1. The van der Waals surface area contributed by atoms with Crippen LogP contribution in [-0.4, -0.2) is 24.4 Å². The van der Waals surface area contributed by atoms with Gasteiger partial charge in [0.15, 0.2) is 0 Å². The maximum absolute atomic E-state index is 12.9. The van der Waals surface area contributed by atoms with E-state index in [-0.39, 0.29) is 24.3 Å². The number of likely N-dealkylation sites (N-methyl/N-ethyl adjacent to an activating group) is 1. The molecule has 4 nitrogen and oxygen atoms in total. The Labute approximate surface area is 132 Å². The number of anilines is 1. The Balaban J connectivity index is 1.96. The van der Waals surface area contributed by atoms with Crippen molar-refractivity contribution in [3.05, 3.63) is 52.7 Å². The fourth-order valence-corrected chi connectivity index (χ4v) is 2.77. The fraction of sp³-hybridized carbons (Fsp3) is 0.250. The van der Waals surface area contributed by atoms with Crippen molar-refractivity contribution in [1.82, 2.24) is 4.90 Å². The van der Waals surface area contributed by atoms with E-state index >= 15 is 0 Å². The van der Waals surface area contributed by atoms with Gasteiger partial charge in [-0.2, -0.15) is 5.26 Å². The van der Waals surface area contributed by atoms with E-state index in [1.54, 1.807) is 23.6 Å². The van der Waals surface area contributed by atoms with E-state index in [9.17, 15) is 9.18 Å². The quantitative estimate of drug-likeness (QED) is 0.919. The molecule has 114 valence electrons. The zero-order valence-electron chi connectivity index (χ0n) is 12.3. The lowest BCUT2D eigenvalue weighted by molar-refractivity contribution is -0.117. The maximum atomic E-state index is 12.9. The van der Waals surface area contributed by atoms with Gasteiger partial charge < -0.3 is 5.32 Å². The molecular weight excluding hydrogens is 301 g/mol. The second kappa shape index (κ2) is 7.16. The van der Waals surface area contributed by atoms with Gasteiger partial charge in [-0.25, -0.2) is 4.39 Å². The fourth-order valence-electron chi connectivity index (χ4n) is 2.02. The van der Waals surface area contributed by atoms with Gasteiger partial charge in [-0.1, -0.05) is 12.1 Å². The zero-order chi connectivity index (χ0) is 16.1. The standard InChI is InChI=1S/C16H16FN3OS/c1-11(12-3-5-14(17)6-4-12)20(2)10-15(21)19-16-13(9-18)7-8-22-16/h3-8,11H,10H2,1-2H3,(H,19,21). The molecule has 1 unspecified atom stereocenters. The number of amides is 1. The van der Waals surface area contributed by atoms with Crippen LogP contribution >= 0.6 is 11.3 Å². The highest BCUT2D eigenvalue weighted by Crippen LogP contribution is 2.23. The molecule has 0 aliphatic carbocycles. The minimum atomic E-state index is -0.280. The molecule has 1 N–H and O–H groups in total. The Hall–Kier alpha value is -2.23. The first-order valence-electron chi connectivity index (χ1n) is 6.74. The second-order valence-electron chi connectivity index (χ2n) is 4.97. The molecule has 0 radical (unpaired) electrons. The van der Waals surface area contributed by atoms with Crippen LogP contribution in [0, 0.1) is 17.1 Å². The van der Waals surface area contributed by atoms with Gasteiger partial charge in [0.25, 0.3) is 0 Å². The van der Waals surface area contributed by atoms with Crippen molar-refractivity contribution in [2.75, 3.05) is 18.9 Å². The van der Waals surface area contributed by atoms with Gasteiger partial charge in [-0.15, -0.1) is 11.3 Å². The molecule has 2 aromatic rings. The summed E-state index contributed by atoms with van der Waals surface area (Å²) < 4.78 is 12.9. The number of rotatable bonds is 5. The number of thiophene rings is 1. The number of carbonyl (C=O) groups is 1. The van der Waals surface area contributed by atoms with Gasteiger partial charge in [0.05, 0.1) is 12.1 Å². The number of nitrogens with zero attached hydrogens (tertiary/aromatic N) is 2. The summed E-state index contributed by atoms with van der Waals surface area (Å²) in [5, 5.41) is 14.0. The summed E-state index contributed by atoms with van der Waals surface area (Å²) in [6, 6.07) is 9.92. The highest BCUT2D eigenvalue weighted by Gasteiger charge is 2.16. The van der Waals surface area contributed by atoms with Crippen LogP contribution in [0.5, 0.6) is 0 Å². The number of carbonyl (C=O) groups excluding carboxylic acids is 1. The average molecular weight is 317 g/mol. The topological polar surface area (TPSA) is 56.1 Å². The van der Waals surface area contributed by atoms with E-state index in [1.807, 2.05) is 24.9 Å². The molecule has 22 heavy (non-hydrogen) atoms. The van der Waals surface area contributed by atoms with Crippen molar-refractivity contribution in [2.45, 2.75) is 13.0 Å². The van der Waals surface area contributed by atoms with Crippen molar-refractivity contribution in [3.63, 3.8) is 0 Å². The van der Waals surface area contributed by atoms with E-state index < -0.39 is 0 Å². The van der Waals surface area contributed by atoms with Gasteiger partial charge in [0, 0.05) is 6.04 Å². The third-order valence-corrected chi connectivity index (χ3v) is 4.28. The van der Waals surface area contributed by atoms with E-state index in [2.05, 4.69) is 5.32 Å². The molecule has 1 aromatic heterocycles. The summed E-state index contributed by atoms with van der Waals surface area (Å²) in [5.74, 6) is -0.464. The Morgan fingerprint density at radius 1 is 1.41 bits per heavy atom. The molecule has 6 heteroatoms. The molecule has 0 spiro atoms. The summed E-state index contributed by atoms with van der Waals surface area (Å²) in [5.41, 5.74) is 1.40. The summed E-state index contributed by atoms with van der Waals surface area (Å²) >= 11 is 1.32. The number of halogens is 1. The molecule has 0 fully saturated rings. The van der Waals surface area contributed by atoms with Crippen LogP contribution in [0.4, 0.5) is 9.39 Å². The monoisotopic (exact) mass is 317 g/mol. The zero-order valence-corrected chi connectivity index (χ0v) is 13.2. The summed E-state index contributed by atoms with van der Waals surface area (Å²) in [7, 11) is 1.83. The van der Waals surface area contributed by atoms with Crippen molar-refractivity contribution in [3.8, 4) is 6.07 Å². The molecule has 1 heterocycles. The number of hydrogen-bond donors (Lipinski definition) is 1. The summed E-state index contributed by atoms with van der Waals surface area (Å²) in [6.45, 7) is 2.13. The molecule has 0 saturated heterocycles. The third kappa shape index (κ3) is 3.91. The lowest BCUT2D eigenvalue weighted by Gasteiger charge is -2.24. The molecule has 1 atom stereocenters.